The van der Waals surface area contributed by atoms with Crippen LogP contribution in [0.15, 0.2) is 40.9 Å². The summed E-state index contributed by atoms with van der Waals surface area (Å²) in [5.41, 5.74) is 8.17. The van der Waals surface area contributed by atoms with Crippen LogP contribution in [0.4, 0.5) is 10.1 Å². The molecule has 0 unspecified atom stereocenters. The fourth-order valence-corrected chi connectivity index (χ4v) is 2.40. The van der Waals surface area contributed by atoms with Gasteiger partial charge in [0.25, 0.3) is 0 Å². The Hall–Kier alpha value is -1.88. The standard InChI is InChI=1S/C15H14BrFN2O/c1-9-6-12(16)13(17)7-14(9)19-8-10-4-2-3-5-11(10)15(18)20/h2-7,19H,8H2,1H3,(H2,18,20). The van der Waals surface area contributed by atoms with Crippen LogP contribution in [0.3, 0.4) is 0 Å². The van der Waals surface area contributed by atoms with E-state index >= 15 is 0 Å². The number of carbonyl (C=O) groups is 1. The number of hydrogen-bond acceptors (Lipinski definition) is 2. The number of aryl methyl sites for hydroxylation is 1. The summed E-state index contributed by atoms with van der Waals surface area (Å²) >= 11 is 3.14. The van der Waals surface area contributed by atoms with Crippen molar-refractivity contribution in [3.05, 3.63) is 63.4 Å². The smallest absolute Gasteiger partial charge is 0.249 e. The lowest BCUT2D eigenvalue weighted by atomic mass is 10.1. The van der Waals surface area contributed by atoms with Crippen LogP contribution in [0, 0.1) is 12.7 Å². The number of hydrogen-bond donors (Lipinski definition) is 2. The summed E-state index contributed by atoms with van der Waals surface area (Å²) < 4.78 is 14.0. The van der Waals surface area contributed by atoms with Crippen molar-refractivity contribution in [1.29, 1.82) is 0 Å². The first-order valence-corrected chi connectivity index (χ1v) is 6.85. The Balaban J connectivity index is 2.21. The predicted molar refractivity (Wildman–Crippen MR) is 81.1 cm³/mol. The van der Waals surface area contributed by atoms with Crippen molar-refractivity contribution in [1.82, 2.24) is 0 Å². The van der Waals surface area contributed by atoms with Crippen LogP contribution < -0.4 is 11.1 Å². The maximum atomic E-state index is 13.5. The van der Waals surface area contributed by atoms with Crippen molar-refractivity contribution in [2.45, 2.75) is 13.5 Å². The fourth-order valence-electron chi connectivity index (χ4n) is 1.94. The van der Waals surface area contributed by atoms with Crippen molar-refractivity contribution in [2.75, 3.05) is 5.32 Å². The van der Waals surface area contributed by atoms with Crippen molar-refractivity contribution in [2.24, 2.45) is 5.73 Å². The Morgan fingerprint density at radius 3 is 2.75 bits per heavy atom. The zero-order valence-corrected chi connectivity index (χ0v) is 12.5. The van der Waals surface area contributed by atoms with E-state index in [-0.39, 0.29) is 5.82 Å². The molecule has 0 aliphatic rings. The van der Waals surface area contributed by atoms with Gasteiger partial charge in [-0.25, -0.2) is 4.39 Å². The first-order chi connectivity index (χ1) is 9.49. The van der Waals surface area contributed by atoms with Gasteiger partial charge >= 0.3 is 0 Å². The van der Waals surface area contributed by atoms with E-state index in [1.54, 1.807) is 18.2 Å². The molecule has 20 heavy (non-hydrogen) atoms. The Bertz CT molecular complexity index is 658. The number of anilines is 1. The molecular weight excluding hydrogens is 323 g/mol. The van der Waals surface area contributed by atoms with Crippen LogP contribution in [0.1, 0.15) is 21.5 Å². The molecule has 0 spiro atoms. The molecule has 2 aromatic rings. The maximum Gasteiger partial charge on any atom is 0.249 e. The third kappa shape index (κ3) is 3.17. The minimum Gasteiger partial charge on any atom is -0.381 e. The van der Waals surface area contributed by atoms with Gasteiger partial charge in [-0.2, -0.15) is 0 Å². The topological polar surface area (TPSA) is 55.1 Å². The van der Waals surface area contributed by atoms with Gasteiger partial charge in [0, 0.05) is 17.8 Å². The third-order valence-corrected chi connectivity index (χ3v) is 3.63. The van der Waals surface area contributed by atoms with Crippen LogP contribution >= 0.6 is 15.9 Å². The zero-order chi connectivity index (χ0) is 14.7. The van der Waals surface area contributed by atoms with Crippen molar-refractivity contribution >= 4 is 27.5 Å². The second-order valence-corrected chi connectivity index (χ2v) is 5.31. The van der Waals surface area contributed by atoms with Gasteiger partial charge in [0.2, 0.25) is 5.91 Å². The number of halogens is 2. The Morgan fingerprint density at radius 2 is 2.05 bits per heavy atom. The van der Waals surface area contributed by atoms with E-state index in [0.717, 1.165) is 11.1 Å². The minimum absolute atomic E-state index is 0.332. The molecule has 0 saturated heterocycles. The fraction of sp³-hybridized carbons (Fsp3) is 0.133. The third-order valence-electron chi connectivity index (χ3n) is 3.02. The quantitative estimate of drug-likeness (QED) is 0.896. The number of nitrogens with two attached hydrogens (primary N) is 1. The van der Waals surface area contributed by atoms with Gasteiger partial charge in [-0.3, -0.25) is 4.79 Å². The highest BCUT2D eigenvalue weighted by atomic mass is 79.9. The van der Waals surface area contributed by atoms with Crippen LogP contribution in [-0.2, 0) is 6.54 Å². The maximum absolute atomic E-state index is 13.5. The first kappa shape index (κ1) is 14.5. The highest BCUT2D eigenvalue weighted by Gasteiger charge is 2.09. The lowest BCUT2D eigenvalue weighted by Gasteiger charge is -2.12. The van der Waals surface area contributed by atoms with Gasteiger partial charge in [-0.1, -0.05) is 18.2 Å². The highest BCUT2D eigenvalue weighted by Crippen LogP contribution is 2.24. The summed E-state index contributed by atoms with van der Waals surface area (Å²) in [4.78, 5) is 11.3. The van der Waals surface area contributed by atoms with E-state index in [2.05, 4.69) is 21.2 Å². The highest BCUT2D eigenvalue weighted by molar-refractivity contribution is 9.10. The molecule has 5 heteroatoms. The molecule has 0 aromatic heterocycles. The van der Waals surface area contributed by atoms with Crippen molar-refractivity contribution < 1.29 is 9.18 Å². The molecule has 0 atom stereocenters. The Labute approximate surface area is 125 Å². The molecule has 0 aliphatic heterocycles. The van der Waals surface area contributed by atoms with Gasteiger partial charge in [-0.15, -0.1) is 0 Å². The predicted octanol–water partition coefficient (Wildman–Crippen LogP) is 3.61. The molecule has 1 amide bonds. The van der Waals surface area contributed by atoms with Crippen LogP contribution in [0.5, 0.6) is 0 Å². The minimum atomic E-state index is -0.471. The Morgan fingerprint density at radius 1 is 1.35 bits per heavy atom. The SMILES string of the molecule is Cc1cc(Br)c(F)cc1NCc1ccccc1C(N)=O. The molecule has 3 nitrogen and oxygen atoms in total. The molecule has 3 N–H and O–H groups in total. The molecule has 0 aliphatic carbocycles. The number of nitrogens with one attached hydrogen (secondary N) is 1. The average molecular weight is 337 g/mol. The summed E-state index contributed by atoms with van der Waals surface area (Å²) in [7, 11) is 0. The molecule has 104 valence electrons. The van der Waals surface area contributed by atoms with Crippen molar-refractivity contribution in [3.8, 4) is 0 Å². The van der Waals surface area contributed by atoms with E-state index in [1.807, 2.05) is 19.1 Å². The lowest BCUT2D eigenvalue weighted by Crippen LogP contribution is -2.15. The number of amides is 1. The summed E-state index contributed by atoms with van der Waals surface area (Å²) in [5.74, 6) is -0.803. The molecule has 0 saturated carbocycles. The molecule has 0 fully saturated rings. The second-order valence-electron chi connectivity index (χ2n) is 4.46. The number of primary amides is 1. The summed E-state index contributed by atoms with van der Waals surface area (Å²) in [6.07, 6.45) is 0. The summed E-state index contributed by atoms with van der Waals surface area (Å²) in [6.45, 7) is 2.29. The van der Waals surface area contributed by atoms with Crippen LogP contribution in [0.2, 0.25) is 0 Å². The molecule has 2 aromatic carbocycles. The first-order valence-electron chi connectivity index (χ1n) is 6.06. The summed E-state index contributed by atoms with van der Waals surface area (Å²) in [5, 5.41) is 3.12. The van der Waals surface area contributed by atoms with Crippen LogP contribution in [-0.4, -0.2) is 5.91 Å². The van der Waals surface area contributed by atoms with E-state index in [0.29, 0.717) is 22.3 Å². The zero-order valence-electron chi connectivity index (χ0n) is 10.9. The molecule has 0 bridgehead atoms. The Kier molecular flexibility index (Phi) is 4.39. The monoisotopic (exact) mass is 336 g/mol. The van der Waals surface area contributed by atoms with Gasteiger partial charge in [-0.05, 0) is 52.2 Å². The van der Waals surface area contributed by atoms with Gasteiger partial charge in [0.15, 0.2) is 0 Å². The van der Waals surface area contributed by atoms with E-state index in [4.69, 9.17) is 5.73 Å². The van der Waals surface area contributed by atoms with Crippen molar-refractivity contribution in [3.63, 3.8) is 0 Å². The van der Waals surface area contributed by atoms with Gasteiger partial charge in [0.1, 0.15) is 5.82 Å². The van der Waals surface area contributed by atoms with Gasteiger partial charge < -0.3 is 11.1 Å². The number of rotatable bonds is 4. The summed E-state index contributed by atoms with van der Waals surface area (Å²) in [6, 6.07) is 10.2. The number of carbonyl (C=O) groups excluding carboxylic acids is 1. The number of benzene rings is 2. The van der Waals surface area contributed by atoms with E-state index in [9.17, 15) is 9.18 Å². The lowest BCUT2D eigenvalue weighted by molar-refractivity contribution is 0.0999. The molecular formula is C15H14BrFN2O. The van der Waals surface area contributed by atoms with Gasteiger partial charge in [0.05, 0.1) is 4.47 Å². The molecule has 0 radical (unpaired) electrons. The average Bonchev–Trinajstić information content (AvgIpc) is 2.41. The normalized spacial score (nSPS) is 10.3. The van der Waals surface area contributed by atoms with Crippen LogP contribution in [0.25, 0.3) is 0 Å². The molecule has 0 heterocycles. The molecule has 2 rings (SSSR count). The second kappa shape index (κ2) is 6.05. The largest absolute Gasteiger partial charge is 0.381 e. The van der Waals surface area contributed by atoms with E-state index in [1.165, 1.54) is 6.07 Å². The van der Waals surface area contributed by atoms with E-state index < -0.39 is 5.91 Å².